The second kappa shape index (κ2) is 7.62. The van der Waals surface area contributed by atoms with E-state index in [2.05, 4.69) is 65.2 Å². The number of piperidine rings is 1. The summed E-state index contributed by atoms with van der Waals surface area (Å²) in [5.41, 5.74) is 2.67. The fourth-order valence-corrected chi connectivity index (χ4v) is 5.02. The number of para-hydroxylation sites is 2. The molecule has 2 aromatic carbocycles. The molecule has 24 heavy (non-hydrogen) atoms. The van der Waals surface area contributed by atoms with Crippen LogP contribution < -0.4 is 4.74 Å². The van der Waals surface area contributed by atoms with E-state index in [9.17, 15) is 0 Å². The highest BCUT2D eigenvalue weighted by Gasteiger charge is 2.23. The molecule has 0 spiro atoms. The molecule has 1 fully saturated rings. The Hall–Kier alpha value is -1.45. The van der Waals surface area contributed by atoms with Gasteiger partial charge in [-0.3, -0.25) is 0 Å². The Morgan fingerprint density at radius 3 is 2.54 bits per heavy atom. The van der Waals surface area contributed by atoms with Crippen molar-refractivity contribution < 1.29 is 4.74 Å². The third-order valence-corrected chi connectivity index (χ3v) is 6.28. The zero-order chi connectivity index (χ0) is 16.2. The van der Waals surface area contributed by atoms with Gasteiger partial charge < -0.3 is 9.64 Å². The van der Waals surface area contributed by atoms with Crippen LogP contribution in [0.25, 0.3) is 0 Å². The first kappa shape index (κ1) is 16.0. The lowest BCUT2D eigenvalue weighted by molar-refractivity contribution is 0.242. The lowest BCUT2D eigenvalue weighted by Crippen LogP contribution is -2.31. The minimum atomic E-state index is 0.481. The zero-order valence-electron chi connectivity index (χ0n) is 14.1. The standard InChI is InChI=1S/C21H25NOS/c1-6-12-22(13-7-1)14-15-24-21-16-17-8-2-4-10-19(17)23-20-11-5-3-9-18(20)21/h2-5,8-11,21H,1,6-7,12-16H2. The van der Waals surface area contributed by atoms with Crippen LogP contribution in [0.2, 0.25) is 0 Å². The van der Waals surface area contributed by atoms with Crippen LogP contribution in [0.15, 0.2) is 48.5 Å². The number of hydrogen-bond acceptors (Lipinski definition) is 3. The molecule has 1 atom stereocenters. The molecular formula is C21H25NOS. The number of nitrogens with zero attached hydrogens (tertiary/aromatic N) is 1. The highest BCUT2D eigenvalue weighted by Crippen LogP contribution is 2.44. The van der Waals surface area contributed by atoms with Gasteiger partial charge in [0.2, 0.25) is 0 Å². The molecule has 2 aliphatic rings. The van der Waals surface area contributed by atoms with Crippen LogP contribution in [0.3, 0.4) is 0 Å². The SMILES string of the molecule is c1ccc2c(c1)CC(SCCN1CCCCC1)c1ccccc1O2. The molecule has 0 aromatic heterocycles. The van der Waals surface area contributed by atoms with Gasteiger partial charge in [0.15, 0.2) is 0 Å². The molecule has 2 aliphatic heterocycles. The van der Waals surface area contributed by atoms with Crippen molar-refractivity contribution in [3.05, 3.63) is 59.7 Å². The van der Waals surface area contributed by atoms with Gasteiger partial charge in [0.25, 0.3) is 0 Å². The summed E-state index contributed by atoms with van der Waals surface area (Å²) in [4.78, 5) is 2.63. The first-order valence-electron chi connectivity index (χ1n) is 9.09. The lowest BCUT2D eigenvalue weighted by Gasteiger charge is -2.27. The van der Waals surface area contributed by atoms with Crippen LogP contribution >= 0.6 is 11.8 Å². The maximum absolute atomic E-state index is 6.21. The van der Waals surface area contributed by atoms with Crippen molar-refractivity contribution in [1.29, 1.82) is 0 Å². The van der Waals surface area contributed by atoms with Gasteiger partial charge in [-0.05, 0) is 50.0 Å². The Kier molecular flexibility index (Phi) is 5.10. The van der Waals surface area contributed by atoms with E-state index in [1.807, 2.05) is 0 Å². The number of ether oxygens (including phenoxy) is 1. The number of likely N-dealkylation sites (tertiary alicyclic amines) is 1. The molecule has 0 radical (unpaired) electrons. The summed E-state index contributed by atoms with van der Waals surface area (Å²) in [6.45, 7) is 3.79. The van der Waals surface area contributed by atoms with Gasteiger partial charge in [-0.2, -0.15) is 11.8 Å². The molecule has 0 amide bonds. The molecule has 0 bridgehead atoms. The molecule has 2 aromatic rings. The molecule has 4 rings (SSSR count). The fourth-order valence-electron chi connectivity index (χ4n) is 3.70. The van der Waals surface area contributed by atoms with Crippen molar-refractivity contribution in [3.63, 3.8) is 0 Å². The fraction of sp³-hybridized carbons (Fsp3) is 0.429. The molecule has 1 unspecified atom stereocenters. The topological polar surface area (TPSA) is 12.5 Å². The Bertz CT molecular complexity index is 681. The van der Waals surface area contributed by atoms with E-state index >= 15 is 0 Å². The smallest absolute Gasteiger partial charge is 0.131 e. The van der Waals surface area contributed by atoms with Crippen molar-refractivity contribution in [2.45, 2.75) is 30.9 Å². The van der Waals surface area contributed by atoms with Crippen LogP contribution in [0.4, 0.5) is 0 Å². The monoisotopic (exact) mass is 339 g/mol. The van der Waals surface area contributed by atoms with Gasteiger partial charge in [-0.1, -0.05) is 42.8 Å². The minimum absolute atomic E-state index is 0.481. The van der Waals surface area contributed by atoms with Crippen molar-refractivity contribution in [2.75, 3.05) is 25.4 Å². The summed E-state index contributed by atoms with van der Waals surface area (Å²) in [5, 5.41) is 0.481. The molecule has 2 nitrogen and oxygen atoms in total. The van der Waals surface area contributed by atoms with E-state index in [1.54, 1.807) is 0 Å². The normalized spacial score (nSPS) is 20.6. The van der Waals surface area contributed by atoms with Crippen molar-refractivity contribution in [3.8, 4) is 11.5 Å². The Morgan fingerprint density at radius 1 is 0.917 bits per heavy atom. The first-order chi connectivity index (χ1) is 11.9. The predicted molar refractivity (Wildman–Crippen MR) is 102 cm³/mol. The summed E-state index contributed by atoms with van der Waals surface area (Å²) >= 11 is 2.09. The van der Waals surface area contributed by atoms with Crippen molar-refractivity contribution in [2.24, 2.45) is 0 Å². The van der Waals surface area contributed by atoms with E-state index < -0.39 is 0 Å². The summed E-state index contributed by atoms with van der Waals surface area (Å²) < 4.78 is 6.21. The van der Waals surface area contributed by atoms with Gasteiger partial charge >= 0.3 is 0 Å². The lowest BCUT2D eigenvalue weighted by atomic mass is 10.0. The van der Waals surface area contributed by atoms with Gasteiger partial charge in [0.05, 0.1) is 0 Å². The number of benzene rings is 2. The average molecular weight is 340 g/mol. The zero-order valence-corrected chi connectivity index (χ0v) is 14.9. The molecular weight excluding hydrogens is 314 g/mol. The molecule has 0 saturated carbocycles. The highest BCUT2D eigenvalue weighted by molar-refractivity contribution is 7.99. The first-order valence-corrected chi connectivity index (χ1v) is 10.1. The number of hydrogen-bond donors (Lipinski definition) is 0. The van der Waals surface area contributed by atoms with E-state index in [0.29, 0.717) is 5.25 Å². The van der Waals surface area contributed by atoms with Gasteiger partial charge in [0.1, 0.15) is 11.5 Å². The van der Waals surface area contributed by atoms with Gasteiger partial charge in [-0.25, -0.2) is 0 Å². The van der Waals surface area contributed by atoms with E-state index in [-0.39, 0.29) is 0 Å². The molecule has 2 heterocycles. The van der Waals surface area contributed by atoms with Crippen LogP contribution in [-0.2, 0) is 6.42 Å². The third-order valence-electron chi connectivity index (χ3n) is 5.04. The average Bonchev–Trinajstić information content (AvgIpc) is 2.79. The Balaban J connectivity index is 1.48. The van der Waals surface area contributed by atoms with Crippen LogP contribution in [0, 0.1) is 0 Å². The summed E-state index contributed by atoms with van der Waals surface area (Å²) in [5.74, 6) is 3.24. The maximum Gasteiger partial charge on any atom is 0.131 e. The highest BCUT2D eigenvalue weighted by atomic mass is 32.2. The largest absolute Gasteiger partial charge is 0.457 e. The van der Waals surface area contributed by atoms with E-state index in [1.165, 1.54) is 55.8 Å². The van der Waals surface area contributed by atoms with Gasteiger partial charge in [0, 0.05) is 23.1 Å². The Morgan fingerprint density at radius 2 is 1.67 bits per heavy atom. The van der Waals surface area contributed by atoms with Crippen molar-refractivity contribution >= 4 is 11.8 Å². The summed E-state index contributed by atoms with van der Waals surface area (Å²) in [7, 11) is 0. The van der Waals surface area contributed by atoms with E-state index in [4.69, 9.17) is 4.74 Å². The molecule has 3 heteroatoms. The van der Waals surface area contributed by atoms with Crippen LogP contribution in [0.5, 0.6) is 11.5 Å². The summed E-state index contributed by atoms with van der Waals surface area (Å²) in [6, 6.07) is 17.0. The number of thioether (sulfide) groups is 1. The number of rotatable bonds is 4. The van der Waals surface area contributed by atoms with Crippen molar-refractivity contribution in [1.82, 2.24) is 4.90 Å². The number of fused-ring (bicyclic) bond motifs is 2. The molecule has 126 valence electrons. The van der Waals surface area contributed by atoms with Crippen LogP contribution in [-0.4, -0.2) is 30.3 Å². The molecule has 0 aliphatic carbocycles. The molecule has 0 N–H and O–H groups in total. The van der Waals surface area contributed by atoms with E-state index in [0.717, 1.165) is 17.9 Å². The third kappa shape index (κ3) is 3.62. The second-order valence-corrected chi connectivity index (χ2v) is 8.02. The quantitative estimate of drug-likeness (QED) is 0.750. The minimum Gasteiger partial charge on any atom is -0.457 e. The van der Waals surface area contributed by atoms with Gasteiger partial charge in [-0.15, -0.1) is 0 Å². The maximum atomic E-state index is 6.21. The summed E-state index contributed by atoms with van der Waals surface area (Å²) in [6.07, 6.45) is 5.21. The van der Waals surface area contributed by atoms with Crippen LogP contribution in [0.1, 0.15) is 35.6 Å². The Labute approximate surface area is 149 Å². The second-order valence-electron chi connectivity index (χ2n) is 6.71. The molecule has 1 saturated heterocycles. The predicted octanol–water partition coefficient (Wildman–Crippen LogP) is 5.30.